The highest BCUT2D eigenvalue weighted by molar-refractivity contribution is 6.69. The first-order valence-electron chi connectivity index (χ1n) is 4.18. The normalized spacial score (nSPS) is 11.5. The van der Waals surface area contributed by atoms with Crippen molar-refractivity contribution in [2.24, 2.45) is 5.16 Å². The Morgan fingerprint density at radius 3 is 2.93 bits per heavy atom. The summed E-state index contributed by atoms with van der Waals surface area (Å²) in [7, 11) is 1.26. The van der Waals surface area contributed by atoms with E-state index in [1.54, 1.807) is 0 Å². The summed E-state index contributed by atoms with van der Waals surface area (Å²) in [6, 6.07) is 1.40. The van der Waals surface area contributed by atoms with Crippen LogP contribution in [0.3, 0.4) is 0 Å². The van der Waals surface area contributed by atoms with Gasteiger partial charge in [0.25, 0.3) is 0 Å². The summed E-state index contributed by atoms with van der Waals surface area (Å²) < 4.78 is 5.94. The molecule has 1 aromatic rings. The minimum Gasteiger partial charge on any atom is -0.464 e. The predicted octanol–water partition coefficient (Wildman–Crippen LogP) is 1.06. The molecule has 0 amide bonds. The summed E-state index contributed by atoms with van der Waals surface area (Å²) in [5.41, 5.74) is 0.484. The van der Waals surface area contributed by atoms with Gasteiger partial charge in [0.15, 0.2) is 10.9 Å². The molecule has 0 atom stereocenters. The molecular formula is C8H10ClN3O3. The number of carbonyl (C=O) groups excluding carboxylic acids is 1. The van der Waals surface area contributed by atoms with Crippen LogP contribution in [0, 0.1) is 0 Å². The van der Waals surface area contributed by atoms with Gasteiger partial charge in [-0.3, -0.25) is 4.68 Å². The molecule has 0 unspecified atom stereocenters. The number of halogens is 1. The maximum absolute atomic E-state index is 11.2. The molecule has 0 bridgehead atoms. The Balaban J connectivity index is 3.17. The monoisotopic (exact) mass is 231 g/mol. The molecule has 0 aliphatic heterocycles. The van der Waals surface area contributed by atoms with Crippen molar-refractivity contribution >= 4 is 22.7 Å². The van der Waals surface area contributed by atoms with Crippen molar-refractivity contribution in [3.8, 4) is 0 Å². The molecule has 0 aliphatic rings. The third-order valence-electron chi connectivity index (χ3n) is 1.77. The largest absolute Gasteiger partial charge is 0.464 e. The average Bonchev–Trinajstić information content (AvgIpc) is 2.70. The third kappa shape index (κ3) is 2.27. The SMILES string of the molecule is CCn1nc(C(=O)OC)cc1C(Cl)=NO. The van der Waals surface area contributed by atoms with Crippen LogP contribution in [-0.4, -0.2) is 33.2 Å². The molecule has 0 aromatic carbocycles. The van der Waals surface area contributed by atoms with Crippen molar-refractivity contribution in [1.29, 1.82) is 0 Å². The van der Waals surface area contributed by atoms with E-state index < -0.39 is 5.97 Å². The number of oxime groups is 1. The van der Waals surface area contributed by atoms with E-state index in [1.165, 1.54) is 17.9 Å². The number of hydrogen-bond acceptors (Lipinski definition) is 5. The molecule has 82 valence electrons. The number of ether oxygens (including phenoxy) is 1. The maximum Gasteiger partial charge on any atom is 0.358 e. The van der Waals surface area contributed by atoms with Gasteiger partial charge < -0.3 is 9.94 Å². The van der Waals surface area contributed by atoms with Crippen molar-refractivity contribution in [3.63, 3.8) is 0 Å². The molecule has 1 rings (SSSR count). The summed E-state index contributed by atoms with van der Waals surface area (Å²) in [6.07, 6.45) is 0. The number of methoxy groups -OCH3 is 1. The summed E-state index contributed by atoms with van der Waals surface area (Å²) in [5, 5.41) is 15.2. The van der Waals surface area contributed by atoms with Crippen LogP contribution in [0.25, 0.3) is 0 Å². The lowest BCUT2D eigenvalue weighted by molar-refractivity contribution is 0.0593. The van der Waals surface area contributed by atoms with Crippen LogP contribution < -0.4 is 0 Å². The Labute approximate surface area is 91.1 Å². The molecule has 1 aromatic heterocycles. The second-order valence-electron chi connectivity index (χ2n) is 2.61. The highest BCUT2D eigenvalue weighted by Crippen LogP contribution is 2.09. The summed E-state index contributed by atoms with van der Waals surface area (Å²) in [6.45, 7) is 2.32. The second kappa shape index (κ2) is 4.79. The molecule has 7 heteroatoms. The molecular weight excluding hydrogens is 222 g/mol. The molecule has 0 aliphatic carbocycles. The molecule has 6 nitrogen and oxygen atoms in total. The summed E-state index contributed by atoms with van der Waals surface area (Å²) in [4.78, 5) is 11.2. The Morgan fingerprint density at radius 1 is 1.80 bits per heavy atom. The topological polar surface area (TPSA) is 76.7 Å². The minimum absolute atomic E-state index is 0.121. The molecule has 1 heterocycles. The summed E-state index contributed by atoms with van der Waals surface area (Å²) >= 11 is 5.62. The van der Waals surface area contributed by atoms with Crippen LogP contribution in [-0.2, 0) is 11.3 Å². The smallest absolute Gasteiger partial charge is 0.358 e. The molecule has 0 fully saturated rings. The standard InChI is InChI=1S/C8H10ClN3O3/c1-3-12-6(7(9)11-14)4-5(10-12)8(13)15-2/h4,14H,3H2,1-2H3. The van der Waals surface area contributed by atoms with E-state index in [0.717, 1.165) is 0 Å². The number of esters is 1. The van der Waals surface area contributed by atoms with Gasteiger partial charge in [-0.1, -0.05) is 16.8 Å². The zero-order valence-electron chi connectivity index (χ0n) is 8.27. The lowest BCUT2D eigenvalue weighted by Crippen LogP contribution is -2.07. The Morgan fingerprint density at radius 2 is 2.47 bits per heavy atom. The Kier molecular flexibility index (Phi) is 3.68. The molecule has 1 N–H and O–H groups in total. The van der Waals surface area contributed by atoms with Crippen molar-refractivity contribution < 1.29 is 14.7 Å². The zero-order valence-corrected chi connectivity index (χ0v) is 9.02. The molecule has 0 spiro atoms. The predicted molar refractivity (Wildman–Crippen MR) is 53.4 cm³/mol. The zero-order chi connectivity index (χ0) is 11.4. The number of hydrogen-bond donors (Lipinski definition) is 1. The summed E-state index contributed by atoms with van der Waals surface area (Å²) in [5.74, 6) is -0.564. The van der Waals surface area contributed by atoms with Gasteiger partial charge >= 0.3 is 5.97 Å². The molecule has 15 heavy (non-hydrogen) atoms. The quantitative estimate of drug-likeness (QED) is 0.365. The van der Waals surface area contributed by atoms with E-state index in [2.05, 4.69) is 15.0 Å². The lowest BCUT2D eigenvalue weighted by atomic mass is 10.3. The fourth-order valence-corrected chi connectivity index (χ4v) is 1.23. The van der Waals surface area contributed by atoms with Crippen LogP contribution in [0.15, 0.2) is 11.2 Å². The van der Waals surface area contributed by atoms with Crippen LogP contribution in [0.5, 0.6) is 0 Å². The first-order valence-corrected chi connectivity index (χ1v) is 4.55. The van der Waals surface area contributed by atoms with E-state index in [1.807, 2.05) is 6.92 Å². The Hall–Kier alpha value is -1.56. The molecule has 0 radical (unpaired) electrons. The third-order valence-corrected chi connectivity index (χ3v) is 2.04. The average molecular weight is 232 g/mol. The Bertz CT molecular complexity index is 400. The number of carbonyl (C=O) groups is 1. The highest BCUT2D eigenvalue weighted by Gasteiger charge is 2.16. The van der Waals surface area contributed by atoms with Gasteiger partial charge in [0.05, 0.1) is 7.11 Å². The number of rotatable bonds is 3. The first-order chi connectivity index (χ1) is 7.13. The van der Waals surface area contributed by atoms with Gasteiger partial charge in [0, 0.05) is 12.6 Å². The van der Waals surface area contributed by atoms with Crippen molar-refractivity contribution in [2.75, 3.05) is 7.11 Å². The second-order valence-corrected chi connectivity index (χ2v) is 2.97. The van der Waals surface area contributed by atoms with E-state index in [4.69, 9.17) is 16.8 Å². The number of nitrogens with zero attached hydrogens (tertiary/aromatic N) is 3. The van der Waals surface area contributed by atoms with Gasteiger partial charge in [0.2, 0.25) is 0 Å². The van der Waals surface area contributed by atoms with Crippen molar-refractivity contribution in [1.82, 2.24) is 9.78 Å². The number of aromatic nitrogens is 2. The minimum atomic E-state index is -0.564. The van der Waals surface area contributed by atoms with Crippen LogP contribution in [0.1, 0.15) is 23.1 Å². The fourth-order valence-electron chi connectivity index (χ4n) is 1.08. The molecule has 0 saturated heterocycles. The van der Waals surface area contributed by atoms with Crippen molar-refractivity contribution in [3.05, 3.63) is 17.5 Å². The van der Waals surface area contributed by atoms with Crippen LogP contribution >= 0.6 is 11.6 Å². The van der Waals surface area contributed by atoms with Gasteiger partial charge in [-0.2, -0.15) is 5.10 Å². The lowest BCUT2D eigenvalue weighted by Gasteiger charge is -1.99. The van der Waals surface area contributed by atoms with Crippen molar-refractivity contribution in [2.45, 2.75) is 13.5 Å². The fraction of sp³-hybridized carbons (Fsp3) is 0.375. The van der Waals surface area contributed by atoms with Crippen LogP contribution in [0.2, 0.25) is 0 Å². The van der Waals surface area contributed by atoms with E-state index in [-0.39, 0.29) is 10.9 Å². The van der Waals surface area contributed by atoms with Gasteiger partial charge in [-0.15, -0.1) is 0 Å². The van der Waals surface area contributed by atoms with E-state index in [9.17, 15) is 4.79 Å². The van der Waals surface area contributed by atoms with Gasteiger partial charge in [-0.25, -0.2) is 4.79 Å². The maximum atomic E-state index is 11.2. The molecule has 0 saturated carbocycles. The van der Waals surface area contributed by atoms with Crippen LogP contribution in [0.4, 0.5) is 0 Å². The van der Waals surface area contributed by atoms with Gasteiger partial charge in [-0.05, 0) is 6.92 Å². The van der Waals surface area contributed by atoms with E-state index >= 15 is 0 Å². The van der Waals surface area contributed by atoms with Gasteiger partial charge in [0.1, 0.15) is 5.69 Å². The first kappa shape index (κ1) is 11.5. The number of aryl methyl sites for hydroxylation is 1. The highest BCUT2D eigenvalue weighted by atomic mass is 35.5. The van der Waals surface area contributed by atoms with E-state index in [0.29, 0.717) is 12.2 Å².